The van der Waals surface area contributed by atoms with Crippen molar-refractivity contribution in [1.82, 2.24) is 0 Å². The molecule has 0 aromatic heterocycles. The first-order valence-corrected chi connectivity index (χ1v) is 12.5. The number of unbranched alkanes of at least 4 members (excludes halogenated alkanes) is 2. The number of rotatable bonds is 6. The second-order valence-corrected chi connectivity index (χ2v) is 10.2. The van der Waals surface area contributed by atoms with E-state index in [2.05, 4.69) is 12.2 Å². The van der Waals surface area contributed by atoms with Gasteiger partial charge < -0.3 is 5.32 Å². The van der Waals surface area contributed by atoms with Crippen molar-refractivity contribution in [1.29, 1.82) is 0 Å². The van der Waals surface area contributed by atoms with E-state index in [0.29, 0.717) is 22.9 Å². The zero-order valence-electron chi connectivity index (χ0n) is 18.4. The molecule has 2 aliphatic rings. The van der Waals surface area contributed by atoms with Crippen LogP contribution in [-0.4, -0.2) is 5.91 Å². The monoisotopic (exact) mass is 461 g/mol. The van der Waals surface area contributed by atoms with E-state index < -0.39 is 11.7 Å². The maximum atomic E-state index is 13.6. The molecule has 2 nitrogen and oxygen atoms in total. The van der Waals surface area contributed by atoms with Gasteiger partial charge in [0.05, 0.1) is 5.56 Å². The second kappa shape index (κ2) is 9.90. The van der Waals surface area contributed by atoms with Crippen LogP contribution < -0.4 is 5.32 Å². The van der Waals surface area contributed by atoms with Crippen LogP contribution in [0.1, 0.15) is 75.0 Å². The lowest BCUT2D eigenvalue weighted by atomic mass is 9.78. The molecule has 4 rings (SSSR count). The standard InChI is InChI=1S/C26H30F3NOS/c1-2-3-4-8-17-9-7-11-19(13-17)25(31)30-22-15-20(26(27,28)29)16-24-21(22)14-18-10-5-6-12-23(18)32-24/h5-6,10,12,15-17,19H,2-4,7-9,11,13-14H2,1H3,(H,30,31). The number of carbonyl (C=O) groups is 1. The fourth-order valence-corrected chi connectivity index (χ4v) is 6.11. The fourth-order valence-electron chi connectivity index (χ4n) is 4.96. The number of anilines is 1. The average Bonchev–Trinajstić information content (AvgIpc) is 2.77. The molecule has 0 spiro atoms. The first-order valence-electron chi connectivity index (χ1n) is 11.7. The van der Waals surface area contributed by atoms with Crippen LogP contribution in [0.3, 0.4) is 0 Å². The van der Waals surface area contributed by atoms with E-state index in [1.165, 1.54) is 37.1 Å². The maximum absolute atomic E-state index is 13.6. The van der Waals surface area contributed by atoms with E-state index in [9.17, 15) is 18.0 Å². The van der Waals surface area contributed by atoms with Crippen LogP contribution in [0.2, 0.25) is 0 Å². The molecule has 2 aromatic carbocycles. The Bertz CT molecular complexity index is 972. The number of halogens is 3. The lowest BCUT2D eigenvalue weighted by molar-refractivity contribution is -0.137. The highest BCUT2D eigenvalue weighted by molar-refractivity contribution is 7.99. The van der Waals surface area contributed by atoms with Crippen molar-refractivity contribution in [3.05, 3.63) is 53.1 Å². The van der Waals surface area contributed by atoms with Crippen molar-refractivity contribution in [2.45, 2.75) is 80.7 Å². The molecule has 1 amide bonds. The Morgan fingerprint density at radius 2 is 1.94 bits per heavy atom. The van der Waals surface area contributed by atoms with Gasteiger partial charge in [0.15, 0.2) is 0 Å². The number of amides is 1. The molecule has 0 bridgehead atoms. The molecule has 1 saturated carbocycles. The van der Waals surface area contributed by atoms with Crippen molar-refractivity contribution < 1.29 is 18.0 Å². The van der Waals surface area contributed by atoms with Crippen LogP contribution in [-0.2, 0) is 17.4 Å². The molecule has 2 atom stereocenters. The second-order valence-electron chi connectivity index (χ2n) is 9.10. The van der Waals surface area contributed by atoms with Crippen LogP contribution in [0.5, 0.6) is 0 Å². The van der Waals surface area contributed by atoms with Gasteiger partial charge in [-0.3, -0.25) is 4.79 Å². The topological polar surface area (TPSA) is 29.1 Å². The summed E-state index contributed by atoms with van der Waals surface area (Å²) in [5.74, 6) is 0.295. The van der Waals surface area contributed by atoms with Crippen LogP contribution in [0.4, 0.5) is 18.9 Å². The number of fused-ring (bicyclic) bond motifs is 2. The van der Waals surface area contributed by atoms with E-state index in [0.717, 1.165) is 54.2 Å². The highest BCUT2D eigenvalue weighted by Crippen LogP contribution is 2.45. The first kappa shape index (κ1) is 23.2. The minimum absolute atomic E-state index is 0.121. The van der Waals surface area contributed by atoms with Crippen molar-refractivity contribution >= 4 is 23.4 Å². The Kier molecular flexibility index (Phi) is 7.18. The minimum atomic E-state index is -4.46. The normalized spacial score (nSPS) is 20.4. The fraction of sp³-hybridized carbons (Fsp3) is 0.500. The number of hydrogen-bond acceptors (Lipinski definition) is 2. The lowest BCUT2D eigenvalue weighted by Gasteiger charge is -2.29. The predicted octanol–water partition coefficient (Wildman–Crippen LogP) is 8.09. The number of carbonyl (C=O) groups excluding carboxylic acids is 1. The van der Waals surface area contributed by atoms with Gasteiger partial charge in [0.1, 0.15) is 0 Å². The third-order valence-electron chi connectivity index (χ3n) is 6.72. The van der Waals surface area contributed by atoms with Gasteiger partial charge in [-0.25, -0.2) is 0 Å². The van der Waals surface area contributed by atoms with Crippen molar-refractivity contribution in [2.75, 3.05) is 5.32 Å². The summed E-state index contributed by atoms with van der Waals surface area (Å²) in [6, 6.07) is 10.1. The number of nitrogens with one attached hydrogen (secondary N) is 1. The van der Waals surface area contributed by atoms with Gasteiger partial charge in [-0.1, -0.05) is 75.4 Å². The quantitative estimate of drug-likeness (QED) is 0.376. The highest BCUT2D eigenvalue weighted by Gasteiger charge is 2.34. The summed E-state index contributed by atoms with van der Waals surface area (Å²) in [5, 5.41) is 2.92. The smallest absolute Gasteiger partial charge is 0.326 e. The highest BCUT2D eigenvalue weighted by atomic mass is 32.2. The van der Waals surface area contributed by atoms with E-state index in [4.69, 9.17) is 0 Å². The van der Waals surface area contributed by atoms with Crippen molar-refractivity contribution in [3.63, 3.8) is 0 Å². The molecule has 1 N–H and O–H groups in total. The molecule has 1 fully saturated rings. The Morgan fingerprint density at radius 3 is 2.72 bits per heavy atom. The van der Waals surface area contributed by atoms with Crippen molar-refractivity contribution in [2.24, 2.45) is 11.8 Å². The average molecular weight is 462 g/mol. The Hall–Kier alpha value is -1.95. The summed E-state index contributed by atoms with van der Waals surface area (Å²) in [6.07, 6.45) is 4.61. The maximum Gasteiger partial charge on any atom is 0.416 e. The summed E-state index contributed by atoms with van der Waals surface area (Å²) in [6.45, 7) is 2.18. The van der Waals surface area contributed by atoms with Crippen LogP contribution in [0.25, 0.3) is 0 Å². The Labute approximate surface area is 192 Å². The van der Waals surface area contributed by atoms with Crippen molar-refractivity contribution in [3.8, 4) is 0 Å². The van der Waals surface area contributed by atoms with Gasteiger partial charge in [-0.15, -0.1) is 0 Å². The largest absolute Gasteiger partial charge is 0.416 e. The number of hydrogen-bond donors (Lipinski definition) is 1. The lowest BCUT2D eigenvalue weighted by Crippen LogP contribution is -2.29. The molecule has 0 radical (unpaired) electrons. The third kappa shape index (κ3) is 5.33. The molecule has 2 aromatic rings. The molecule has 172 valence electrons. The molecule has 32 heavy (non-hydrogen) atoms. The van der Waals surface area contributed by atoms with E-state index >= 15 is 0 Å². The summed E-state index contributed by atoms with van der Waals surface area (Å²) in [4.78, 5) is 14.7. The minimum Gasteiger partial charge on any atom is -0.326 e. The molecular weight excluding hydrogens is 431 g/mol. The molecule has 1 aliphatic carbocycles. The van der Waals surface area contributed by atoms with Crippen LogP contribution in [0, 0.1) is 11.8 Å². The van der Waals surface area contributed by atoms with E-state index in [1.54, 1.807) is 0 Å². The zero-order valence-corrected chi connectivity index (χ0v) is 19.2. The third-order valence-corrected chi connectivity index (χ3v) is 7.93. The number of alkyl halides is 3. The van der Waals surface area contributed by atoms with Gasteiger partial charge in [-0.05, 0) is 48.1 Å². The zero-order chi connectivity index (χ0) is 22.7. The van der Waals surface area contributed by atoms with Gasteiger partial charge in [-0.2, -0.15) is 13.2 Å². The summed E-state index contributed by atoms with van der Waals surface area (Å²) >= 11 is 1.35. The molecule has 2 unspecified atom stereocenters. The summed E-state index contributed by atoms with van der Waals surface area (Å²) in [5.41, 5.74) is 1.47. The van der Waals surface area contributed by atoms with Crippen LogP contribution in [0.15, 0.2) is 46.2 Å². The molecule has 0 saturated heterocycles. The Balaban J connectivity index is 1.56. The summed E-state index contributed by atoms with van der Waals surface area (Å²) in [7, 11) is 0. The van der Waals surface area contributed by atoms with Gasteiger partial charge in [0.2, 0.25) is 5.91 Å². The Morgan fingerprint density at radius 1 is 1.12 bits per heavy atom. The first-order chi connectivity index (χ1) is 15.3. The van der Waals surface area contributed by atoms with Crippen LogP contribution >= 0.6 is 11.8 Å². The van der Waals surface area contributed by atoms with E-state index in [-0.39, 0.29) is 11.8 Å². The number of benzene rings is 2. The molecule has 1 aliphatic heterocycles. The summed E-state index contributed by atoms with van der Waals surface area (Å²) < 4.78 is 40.8. The molecular formula is C26H30F3NOS. The van der Waals surface area contributed by atoms with E-state index in [1.807, 2.05) is 24.3 Å². The predicted molar refractivity (Wildman–Crippen MR) is 123 cm³/mol. The van der Waals surface area contributed by atoms with Gasteiger partial charge in [0, 0.05) is 27.8 Å². The van der Waals surface area contributed by atoms with Gasteiger partial charge >= 0.3 is 6.18 Å². The SMILES string of the molecule is CCCCCC1CCCC(C(=O)Nc2cc(C(F)(F)F)cc3c2Cc2ccccc2S3)C1. The molecule has 1 heterocycles. The molecule has 6 heteroatoms. The van der Waals surface area contributed by atoms with Gasteiger partial charge in [0.25, 0.3) is 0 Å².